The van der Waals surface area contributed by atoms with E-state index >= 15 is 0 Å². The largest absolute Gasteiger partial charge is 0.496 e. The maximum atomic E-state index is 12.1. The highest BCUT2D eigenvalue weighted by Gasteiger charge is 2.13. The van der Waals surface area contributed by atoms with Gasteiger partial charge in [-0.15, -0.1) is 0 Å². The highest BCUT2D eigenvalue weighted by atomic mass is 16.5. The molecule has 0 aliphatic heterocycles. The number of carboxylic acids is 1. The van der Waals surface area contributed by atoms with Gasteiger partial charge in [-0.25, -0.2) is 9.78 Å². The molecule has 0 bridgehead atoms. The second-order valence-corrected chi connectivity index (χ2v) is 4.65. The first-order valence-corrected chi connectivity index (χ1v) is 6.51. The average molecular weight is 296 g/mol. The second-order valence-electron chi connectivity index (χ2n) is 4.65. The first kappa shape index (κ1) is 13.8. The zero-order valence-electron chi connectivity index (χ0n) is 11.7. The Morgan fingerprint density at radius 2 is 2.00 bits per heavy atom. The number of nitrogens with zero attached hydrogens (tertiary/aromatic N) is 1. The zero-order chi connectivity index (χ0) is 15.7. The van der Waals surface area contributed by atoms with Crippen LogP contribution in [0.15, 0.2) is 47.3 Å². The number of benzene rings is 2. The van der Waals surface area contributed by atoms with E-state index in [0.29, 0.717) is 22.3 Å². The van der Waals surface area contributed by atoms with Gasteiger partial charge in [0.05, 0.1) is 18.0 Å². The van der Waals surface area contributed by atoms with E-state index in [9.17, 15) is 9.59 Å². The van der Waals surface area contributed by atoms with Crippen LogP contribution in [0.1, 0.15) is 10.4 Å². The standard InChI is InChI=1S/C16H12N2O4/c1-22-13-8-9(6-7-11(13)16(20)21)14-17-12-5-3-2-4-10(12)15(19)18-14/h2-8H,1H3,(H,20,21)(H,17,18,19). The Labute approximate surface area is 125 Å². The van der Waals surface area contributed by atoms with Crippen molar-refractivity contribution < 1.29 is 14.6 Å². The summed E-state index contributed by atoms with van der Waals surface area (Å²) in [6, 6.07) is 11.5. The molecule has 0 saturated carbocycles. The number of hydrogen-bond donors (Lipinski definition) is 2. The molecule has 0 amide bonds. The summed E-state index contributed by atoms with van der Waals surface area (Å²) < 4.78 is 5.09. The monoisotopic (exact) mass is 296 g/mol. The topological polar surface area (TPSA) is 92.3 Å². The zero-order valence-corrected chi connectivity index (χ0v) is 11.7. The Hall–Kier alpha value is -3.15. The number of para-hydroxylation sites is 1. The minimum absolute atomic E-state index is 0.0504. The van der Waals surface area contributed by atoms with Gasteiger partial charge in [0.2, 0.25) is 0 Å². The molecule has 0 unspecified atom stereocenters. The number of rotatable bonds is 3. The van der Waals surface area contributed by atoms with Crippen molar-refractivity contribution in [2.75, 3.05) is 7.11 Å². The van der Waals surface area contributed by atoms with Gasteiger partial charge < -0.3 is 14.8 Å². The minimum Gasteiger partial charge on any atom is -0.496 e. The van der Waals surface area contributed by atoms with Gasteiger partial charge in [0.15, 0.2) is 0 Å². The normalized spacial score (nSPS) is 10.6. The van der Waals surface area contributed by atoms with E-state index in [1.54, 1.807) is 30.3 Å². The third-order valence-corrected chi connectivity index (χ3v) is 3.32. The van der Waals surface area contributed by atoms with Crippen LogP contribution in [0, 0.1) is 0 Å². The van der Waals surface area contributed by atoms with E-state index in [4.69, 9.17) is 9.84 Å². The average Bonchev–Trinajstić information content (AvgIpc) is 2.54. The number of nitrogens with one attached hydrogen (secondary N) is 1. The number of methoxy groups -OCH3 is 1. The van der Waals surface area contributed by atoms with Gasteiger partial charge in [-0.3, -0.25) is 4.79 Å². The highest BCUT2D eigenvalue weighted by molar-refractivity contribution is 5.92. The van der Waals surface area contributed by atoms with Crippen molar-refractivity contribution in [1.29, 1.82) is 0 Å². The summed E-state index contributed by atoms with van der Waals surface area (Å²) in [5, 5.41) is 9.59. The summed E-state index contributed by atoms with van der Waals surface area (Å²) in [5.41, 5.74) is 0.948. The molecular formula is C16H12N2O4. The third-order valence-electron chi connectivity index (χ3n) is 3.32. The van der Waals surface area contributed by atoms with E-state index in [0.717, 1.165) is 0 Å². The van der Waals surface area contributed by atoms with Crippen LogP contribution in [0.5, 0.6) is 5.75 Å². The molecule has 1 aromatic heterocycles. The van der Waals surface area contributed by atoms with Gasteiger partial charge in [-0.1, -0.05) is 18.2 Å². The van der Waals surface area contributed by atoms with Crippen molar-refractivity contribution in [2.45, 2.75) is 0 Å². The Morgan fingerprint density at radius 1 is 1.23 bits per heavy atom. The molecule has 3 aromatic rings. The maximum absolute atomic E-state index is 12.1. The first-order valence-electron chi connectivity index (χ1n) is 6.51. The molecule has 1 heterocycles. The molecule has 110 valence electrons. The van der Waals surface area contributed by atoms with Crippen molar-refractivity contribution in [3.05, 3.63) is 58.4 Å². The Balaban J connectivity index is 2.19. The van der Waals surface area contributed by atoms with Gasteiger partial charge in [0.25, 0.3) is 5.56 Å². The number of ether oxygens (including phenoxy) is 1. The molecule has 0 radical (unpaired) electrons. The van der Waals surface area contributed by atoms with Crippen LogP contribution >= 0.6 is 0 Å². The fourth-order valence-corrected chi connectivity index (χ4v) is 2.24. The molecule has 0 spiro atoms. The number of aromatic amines is 1. The lowest BCUT2D eigenvalue weighted by molar-refractivity contribution is 0.0693. The van der Waals surface area contributed by atoms with Gasteiger partial charge in [-0.2, -0.15) is 0 Å². The highest BCUT2D eigenvalue weighted by Crippen LogP contribution is 2.25. The van der Waals surface area contributed by atoms with E-state index in [-0.39, 0.29) is 16.9 Å². The van der Waals surface area contributed by atoms with Gasteiger partial charge in [0.1, 0.15) is 17.1 Å². The molecule has 22 heavy (non-hydrogen) atoms. The lowest BCUT2D eigenvalue weighted by Crippen LogP contribution is -2.09. The van der Waals surface area contributed by atoms with E-state index in [1.807, 2.05) is 0 Å². The predicted molar refractivity (Wildman–Crippen MR) is 81.3 cm³/mol. The van der Waals surface area contributed by atoms with Crippen LogP contribution in [0.3, 0.4) is 0 Å². The summed E-state index contributed by atoms with van der Waals surface area (Å²) in [7, 11) is 1.39. The molecule has 6 heteroatoms. The number of aromatic nitrogens is 2. The Morgan fingerprint density at radius 3 is 2.73 bits per heavy atom. The van der Waals surface area contributed by atoms with Gasteiger partial charge >= 0.3 is 5.97 Å². The number of hydrogen-bond acceptors (Lipinski definition) is 4. The van der Waals surface area contributed by atoms with Gasteiger partial charge in [-0.05, 0) is 24.3 Å². The van der Waals surface area contributed by atoms with E-state index in [1.165, 1.54) is 19.2 Å². The number of fused-ring (bicyclic) bond motifs is 1. The number of carboxylic acid groups (broad SMARTS) is 1. The molecule has 6 nitrogen and oxygen atoms in total. The fraction of sp³-hybridized carbons (Fsp3) is 0.0625. The minimum atomic E-state index is -1.08. The SMILES string of the molecule is COc1cc(-c2nc3ccccc3c(=O)[nH]2)ccc1C(=O)O. The molecule has 0 atom stereocenters. The van der Waals surface area contributed by atoms with Crippen molar-refractivity contribution in [3.63, 3.8) is 0 Å². The van der Waals surface area contributed by atoms with Crippen LogP contribution in [-0.4, -0.2) is 28.2 Å². The van der Waals surface area contributed by atoms with Crippen molar-refractivity contribution in [1.82, 2.24) is 9.97 Å². The lowest BCUT2D eigenvalue weighted by atomic mass is 10.1. The van der Waals surface area contributed by atoms with E-state index in [2.05, 4.69) is 9.97 Å². The molecule has 0 aliphatic rings. The first-order chi connectivity index (χ1) is 10.6. The second kappa shape index (κ2) is 5.33. The molecule has 0 saturated heterocycles. The summed E-state index contributed by atoms with van der Waals surface area (Å²) in [6.07, 6.45) is 0. The number of aromatic carboxylic acids is 1. The molecule has 2 N–H and O–H groups in total. The molecular weight excluding hydrogens is 284 g/mol. The Bertz CT molecular complexity index is 931. The van der Waals surface area contributed by atoms with Crippen LogP contribution in [0.4, 0.5) is 0 Å². The van der Waals surface area contributed by atoms with Crippen molar-refractivity contribution in [3.8, 4) is 17.1 Å². The summed E-state index contributed by atoms with van der Waals surface area (Å²) in [6.45, 7) is 0. The van der Waals surface area contributed by atoms with Crippen molar-refractivity contribution >= 4 is 16.9 Å². The van der Waals surface area contributed by atoms with E-state index < -0.39 is 5.97 Å². The maximum Gasteiger partial charge on any atom is 0.339 e. The smallest absolute Gasteiger partial charge is 0.339 e. The van der Waals surface area contributed by atoms with Crippen LogP contribution in [0.25, 0.3) is 22.3 Å². The van der Waals surface area contributed by atoms with Crippen LogP contribution in [0.2, 0.25) is 0 Å². The van der Waals surface area contributed by atoms with Crippen molar-refractivity contribution in [2.24, 2.45) is 0 Å². The molecule has 2 aromatic carbocycles. The fourth-order valence-electron chi connectivity index (χ4n) is 2.24. The number of H-pyrrole nitrogens is 1. The lowest BCUT2D eigenvalue weighted by Gasteiger charge is -2.08. The third kappa shape index (κ3) is 2.31. The number of carbonyl (C=O) groups is 1. The summed E-state index contributed by atoms with van der Waals surface area (Å²) in [5.74, 6) is -0.511. The van der Waals surface area contributed by atoms with Gasteiger partial charge in [0, 0.05) is 5.56 Å². The van der Waals surface area contributed by atoms with Crippen LogP contribution < -0.4 is 10.3 Å². The summed E-state index contributed by atoms with van der Waals surface area (Å²) >= 11 is 0. The molecule has 0 aliphatic carbocycles. The Kier molecular flexibility index (Phi) is 3.34. The molecule has 0 fully saturated rings. The predicted octanol–water partition coefficient (Wildman–Crippen LogP) is 2.30. The quantitative estimate of drug-likeness (QED) is 0.773. The summed E-state index contributed by atoms with van der Waals surface area (Å²) in [4.78, 5) is 30.3. The van der Waals surface area contributed by atoms with Crippen LogP contribution in [-0.2, 0) is 0 Å². The molecule has 3 rings (SSSR count).